The van der Waals surface area contributed by atoms with Gasteiger partial charge in [-0.05, 0) is 12.8 Å². The van der Waals surface area contributed by atoms with Crippen LogP contribution in [-0.2, 0) is 9.59 Å². The Kier molecular flexibility index (Phi) is 5.99. The van der Waals surface area contributed by atoms with E-state index in [0.29, 0.717) is 25.9 Å². The van der Waals surface area contributed by atoms with Gasteiger partial charge in [-0.2, -0.15) is 0 Å². The SMILES string of the molecule is CC[C@H](O)CN1CCN(C(=O)CCN2CCCC2=O)CC1. The molecule has 2 fully saturated rings. The van der Waals surface area contributed by atoms with Gasteiger partial charge in [-0.15, -0.1) is 0 Å². The van der Waals surface area contributed by atoms with E-state index in [9.17, 15) is 14.7 Å². The van der Waals surface area contributed by atoms with Gasteiger partial charge in [0.15, 0.2) is 0 Å². The van der Waals surface area contributed by atoms with Crippen LogP contribution in [0.25, 0.3) is 0 Å². The van der Waals surface area contributed by atoms with E-state index >= 15 is 0 Å². The van der Waals surface area contributed by atoms with Gasteiger partial charge >= 0.3 is 0 Å². The number of aliphatic hydroxyl groups excluding tert-OH is 1. The Morgan fingerprint density at radius 1 is 1.24 bits per heavy atom. The van der Waals surface area contributed by atoms with E-state index in [4.69, 9.17) is 0 Å². The summed E-state index contributed by atoms with van der Waals surface area (Å²) in [5.41, 5.74) is 0. The molecule has 0 aromatic rings. The summed E-state index contributed by atoms with van der Waals surface area (Å²) in [6.45, 7) is 7.13. The Morgan fingerprint density at radius 2 is 1.95 bits per heavy atom. The molecule has 0 saturated carbocycles. The molecule has 2 aliphatic heterocycles. The van der Waals surface area contributed by atoms with E-state index in [1.54, 1.807) is 4.90 Å². The maximum Gasteiger partial charge on any atom is 0.224 e. The van der Waals surface area contributed by atoms with Crippen molar-refractivity contribution < 1.29 is 14.7 Å². The first-order valence-corrected chi connectivity index (χ1v) is 8.06. The van der Waals surface area contributed by atoms with Crippen LogP contribution in [0, 0.1) is 0 Å². The van der Waals surface area contributed by atoms with Crippen LogP contribution in [0.2, 0.25) is 0 Å². The number of hydrogen-bond donors (Lipinski definition) is 1. The number of piperazine rings is 1. The smallest absolute Gasteiger partial charge is 0.224 e. The second kappa shape index (κ2) is 7.75. The highest BCUT2D eigenvalue weighted by Gasteiger charge is 2.24. The molecule has 0 unspecified atom stereocenters. The summed E-state index contributed by atoms with van der Waals surface area (Å²) >= 11 is 0. The van der Waals surface area contributed by atoms with Gasteiger partial charge < -0.3 is 14.9 Å². The van der Waals surface area contributed by atoms with Crippen molar-refractivity contribution >= 4 is 11.8 Å². The summed E-state index contributed by atoms with van der Waals surface area (Å²) < 4.78 is 0. The second-order valence-electron chi connectivity index (χ2n) is 5.98. The molecule has 2 aliphatic rings. The molecular formula is C15H27N3O3. The quantitative estimate of drug-likeness (QED) is 0.744. The third-order valence-electron chi connectivity index (χ3n) is 4.43. The topological polar surface area (TPSA) is 64.1 Å². The number of amides is 2. The van der Waals surface area contributed by atoms with Gasteiger partial charge in [0, 0.05) is 58.7 Å². The minimum atomic E-state index is -0.270. The zero-order valence-corrected chi connectivity index (χ0v) is 13.0. The van der Waals surface area contributed by atoms with Crippen LogP contribution < -0.4 is 0 Å². The molecule has 0 radical (unpaired) electrons. The van der Waals surface area contributed by atoms with Crippen molar-refractivity contribution in [1.29, 1.82) is 0 Å². The molecule has 2 amide bonds. The lowest BCUT2D eigenvalue weighted by Crippen LogP contribution is -2.50. The number of likely N-dealkylation sites (tertiary alicyclic amines) is 1. The van der Waals surface area contributed by atoms with E-state index in [-0.39, 0.29) is 17.9 Å². The van der Waals surface area contributed by atoms with Gasteiger partial charge in [0.25, 0.3) is 0 Å². The fourth-order valence-electron chi connectivity index (χ4n) is 2.94. The van der Waals surface area contributed by atoms with Crippen LogP contribution in [0.4, 0.5) is 0 Å². The van der Waals surface area contributed by atoms with Crippen molar-refractivity contribution in [2.24, 2.45) is 0 Å². The van der Waals surface area contributed by atoms with Gasteiger partial charge in [-0.1, -0.05) is 6.92 Å². The highest BCUT2D eigenvalue weighted by atomic mass is 16.3. The zero-order chi connectivity index (χ0) is 15.2. The summed E-state index contributed by atoms with van der Waals surface area (Å²) in [5, 5.41) is 9.66. The first-order chi connectivity index (χ1) is 10.1. The van der Waals surface area contributed by atoms with E-state index in [1.165, 1.54) is 0 Å². The molecule has 0 aromatic carbocycles. The molecule has 0 aromatic heterocycles. The van der Waals surface area contributed by atoms with Crippen molar-refractivity contribution in [3.63, 3.8) is 0 Å². The Balaban J connectivity index is 1.67. The molecule has 0 spiro atoms. The lowest BCUT2D eigenvalue weighted by molar-refractivity contribution is -0.134. The van der Waals surface area contributed by atoms with Gasteiger partial charge in [0.2, 0.25) is 11.8 Å². The average molecular weight is 297 g/mol. The third-order valence-corrected chi connectivity index (χ3v) is 4.43. The Bertz CT molecular complexity index is 367. The third kappa shape index (κ3) is 4.68. The lowest BCUT2D eigenvalue weighted by atomic mass is 10.2. The first kappa shape index (κ1) is 16.2. The van der Waals surface area contributed by atoms with E-state index in [0.717, 1.165) is 45.6 Å². The van der Waals surface area contributed by atoms with Gasteiger partial charge in [0.1, 0.15) is 0 Å². The molecule has 2 rings (SSSR count). The molecule has 6 nitrogen and oxygen atoms in total. The molecule has 2 heterocycles. The summed E-state index contributed by atoms with van der Waals surface area (Å²) in [4.78, 5) is 29.6. The monoisotopic (exact) mass is 297 g/mol. The van der Waals surface area contributed by atoms with Crippen LogP contribution in [0.5, 0.6) is 0 Å². The number of hydrogen-bond acceptors (Lipinski definition) is 4. The van der Waals surface area contributed by atoms with Crippen molar-refractivity contribution in [2.75, 3.05) is 45.8 Å². The minimum absolute atomic E-state index is 0.144. The van der Waals surface area contributed by atoms with Crippen molar-refractivity contribution in [2.45, 2.75) is 38.7 Å². The number of β-amino-alcohol motifs (C(OH)–C–C–N with tert-alkyl or cyclic N) is 1. The number of carbonyl (C=O) groups excluding carboxylic acids is 2. The molecule has 0 bridgehead atoms. The van der Waals surface area contributed by atoms with E-state index in [1.807, 2.05) is 11.8 Å². The van der Waals surface area contributed by atoms with Gasteiger partial charge in [0.05, 0.1) is 6.10 Å². The standard InChI is InChI=1S/C15H27N3O3/c1-2-13(19)12-16-8-10-18(11-9-16)15(21)5-7-17-6-3-4-14(17)20/h13,19H,2-12H2,1H3/t13-/m0/s1. The van der Waals surface area contributed by atoms with E-state index in [2.05, 4.69) is 4.90 Å². The summed E-state index contributed by atoms with van der Waals surface area (Å²) in [6.07, 6.45) is 2.48. The minimum Gasteiger partial charge on any atom is -0.392 e. The Hall–Kier alpha value is -1.14. The molecule has 1 N–H and O–H groups in total. The van der Waals surface area contributed by atoms with E-state index < -0.39 is 0 Å². The van der Waals surface area contributed by atoms with Crippen molar-refractivity contribution in [3.05, 3.63) is 0 Å². The predicted molar refractivity (Wildman–Crippen MR) is 79.7 cm³/mol. The molecule has 2 saturated heterocycles. The summed E-state index contributed by atoms with van der Waals surface area (Å²) in [7, 11) is 0. The number of carbonyl (C=O) groups is 2. The molecule has 6 heteroatoms. The summed E-state index contributed by atoms with van der Waals surface area (Å²) in [6, 6.07) is 0. The largest absolute Gasteiger partial charge is 0.392 e. The fourth-order valence-corrected chi connectivity index (χ4v) is 2.94. The average Bonchev–Trinajstić information content (AvgIpc) is 2.90. The van der Waals surface area contributed by atoms with Gasteiger partial charge in [-0.25, -0.2) is 0 Å². The maximum absolute atomic E-state index is 12.2. The zero-order valence-electron chi connectivity index (χ0n) is 13.0. The Labute approximate surface area is 126 Å². The molecule has 21 heavy (non-hydrogen) atoms. The molecular weight excluding hydrogens is 270 g/mol. The van der Waals surface area contributed by atoms with Crippen LogP contribution >= 0.6 is 0 Å². The highest BCUT2D eigenvalue weighted by molar-refractivity contribution is 5.80. The number of aliphatic hydroxyl groups is 1. The molecule has 0 aliphatic carbocycles. The van der Waals surface area contributed by atoms with Crippen LogP contribution in [0.1, 0.15) is 32.6 Å². The maximum atomic E-state index is 12.2. The van der Waals surface area contributed by atoms with Gasteiger partial charge in [-0.3, -0.25) is 14.5 Å². The van der Waals surface area contributed by atoms with Crippen LogP contribution in [0.15, 0.2) is 0 Å². The van der Waals surface area contributed by atoms with Crippen molar-refractivity contribution in [3.8, 4) is 0 Å². The number of rotatable bonds is 6. The Morgan fingerprint density at radius 3 is 2.52 bits per heavy atom. The number of nitrogens with zero attached hydrogens (tertiary/aromatic N) is 3. The highest BCUT2D eigenvalue weighted by Crippen LogP contribution is 2.11. The normalized spacial score (nSPS) is 21.9. The lowest BCUT2D eigenvalue weighted by Gasteiger charge is -2.35. The summed E-state index contributed by atoms with van der Waals surface area (Å²) in [5.74, 6) is 0.326. The van der Waals surface area contributed by atoms with Crippen molar-refractivity contribution in [1.82, 2.24) is 14.7 Å². The second-order valence-corrected chi connectivity index (χ2v) is 5.98. The molecule has 1 atom stereocenters. The fraction of sp³-hybridized carbons (Fsp3) is 0.867. The first-order valence-electron chi connectivity index (χ1n) is 8.06. The van der Waals surface area contributed by atoms with Crippen LogP contribution in [0.3, 0.4) is 0 Å². The van der Waals surface area contributed by atoms with Crippen LogP contribution in [-0.4, -0.2) is 83.5 Å². The molecule has 120 valence electrons. The predicted octanol–water partition coefficient (Wildman–Crippen LogP) is -0.0860.